The molecule has 4 heteroatoms. The molecule has 1 saturated heterocycles. The number of rotatable bonds is 3. The van der Waals surface area contributed by atoms with Gasteiger partial charge in [0, 0.05) is 25.7 Å². The summed E-state index contributed by atoms with van der Waals surface area (Å²) < 4.78 is 36.4. The highest BCUT2D eigenvalue weighted by atomic mass is 19.4. The fourth-order valence-corrected chi connectivity index (χ4v) is 1.98. The van der Waals surface area contributed by atoms with E-state index in [4.69, 9.17) is 0 Å². The van der Waals surface area contributed by atoms with Gasteiger partial charge >= 0.3 is 6.18 Å². The highest BCUT2D eigenvalue weighted by Crippen LogP contribution is 2.24. The van der Waals surface area contributed by atoms with Crippen LogP contribution in [0.1, 0.15) is 25.7 Å². The van der Waals surface area contributed by atoms with E-state index in [0.717, 1.165) is 17.6 Å². The number of hydrogen-bond acceptors (Lipinski definition) is 0. The van der Waals surface area contributed by atoms with Gasteiger partial charge in [-0.15, -0.1) is 0 Å². The smallest absolute Gasteiger partial charge is 0.326 e. The Balaban J connectivity index is 2.18. The van der Waals surface area contributed by atoms with Crippen molar-refractivity contribution in [3.63, 3.8) is 0 Å². The predicted octanol–water partition coefficient (Wildman–Crippen LogP) is 2.57. The maximum absolute atomic E-state index is 11.8. The molecule has 1 heterocycles. The molecule has 0 aromatic carbocycles. The third kappa shape index (κ3) is 3.98. The van der Waals surface area contributed by atoms with Gasteiger partial charge < -0.3 is 4.48 Å². The Morgan fingerprint density at radius 2 is 1.69 bits per heavy atom. The molecule has 0 radical (unpaired) electrons. The van der Waals surface area contributed by atoms with Crippen molar-refractivity contribution < 1.29 is 17.7 Å². The fraction of sp³-hybridized carbons (Fsp3) is 1.00. The summed E-state index contributed by atoms with van der Waals surface area (Å²) in [4.78, 5) is 0. The highest BCUT2D eigenvalue weighted by molar-refractivity contribution is 4.55. The van der Waals surface area contributed by atoms with Crippen molar-refractivity contribution in [2.45, 2.75) is 31.9 Å². The van der Waals surface area contributed by atoms with E-state index in [0.29, 0.717) is 6.54 Å². The van der Waals surface area contributed by atoms with Crippen LogP contribution in [0, 0.1) is 0 Å². The Kier molecular flexibility index (Phi) is 3.22. The SMILES string of the molecule is C[N+]1(CCCC(F)(F)F)CCCC1. The summed E-state index contributed by atoms with van der Waals surface area (Å²) in [6.45, 7) is 2.79. The molecule has 0 amide bonds. The molecule has 0 aliphatic carbocycles. The molecule has 0 bridgehead atoms. The van der Waals surface area contributed by atoms with Gasteiger partial charge in [0.15, 0.2) is 0 Å². The quantitative estimate of drug-likeness (QED) is 0.608. The van der Waals surface area contributed by atoms with Gasteiger partial charge in [0.25, 0.3) is 0 Å². The van der Waals surface area contributed by atoms with Gasteiger partial charge in [-0.3, -0.25) is 0 Å². The van der Waals surface area contributed by atoms with Gasteiger partial charge in [-0.1, -0.05) is 0 Å². The van der Waals surface area contributed by atoms with Crippen molar-refractivity contribution in [1.82, 2.24) is 0 Å². The molecule has 0 aromatic heterocycles. The number of halogens is 3. The molecule has 0 atom stereocenters. The lowest BCUT2D eigenvalue weighted by Crippen LogP contribution is -2.41. The summed E-state index contributed by atoms with van der Waals surface area (Å²) in [5, 5.41) is 0. The van der Waals surface area contributed by atoms with E-state index in [9.17, 15) is 13.2 Å². The Labute approximate surface area is 77.1 Å². The molecule has 1 nitrogen and oxygen atoms in total. The normalized spacial score (nSPS) is 22.2. The minimum Gasteiger partial charge on any atom is -0.326 e. The molecule has 1 aliphatic heterocycles. The van der Waals surface area contributed by atoms with Crippen LogP contribution in [-0.4, -0.2) is 37.3 Å². The number of hydrogen-bond donors (Lipinski definition) is 0. The zero-order valence-electron chi connectivity index (χ0n) is 8.03. The van der Waals surface area contributed by atoms with E-state index >= 15 is 0 Å². The highest BCUT2D eigenvalue weighted by Gasteiger charge is 2.31. The van der Waals surface area contributed by atoms with Crippen LogP contribution in [-0.2, 0) is 0 Å². The first kappa shape index (κ1) is 10.8. The zero-order chi connectivity index (χ0) is 9.95. The zero-order valence-corrected chi connectivity index (χ0v) is 8.03. The maximum atomic E-state index is 11.8. The molecular formula is C9H17F3N+. The first-order valence-corrected chi connectivity index (χ1v) is 4.82. The molecule has 0 unspecified atom stereocenters. The van der Waals surface area contributed by atoms with Gasteiger partial charge in [-0.25, -0.2) is 0 Å². The topological polar surface area (TPSA) is 0 Å². The monoisotopic (exact) mass is 196 g/mol. The molecule has 78 valence electrons. The van der Waals surface area contributed by atoms with Crippen molar-refractivity contribution in [1.29, 1.82) is 0 Å². The number of nitrogens with zero attached hydrogens (tertiary/aromatic N) is 1. The van der Waals surface area contributed by atoms with Gasteiger partial charge in [0.1, 0.15) is 0 Å². The lowest BCUT2D eigenvalue weighted by atomic mass is 10.2. The van der Waals surface area contributed by atoms with Crippen LogP contribution in [0.2, 0.25) is 0 Å². The van der Waals surface area contributed by atoms with E-state index in [2.05, 4.69) is 7.05 Å². The van der Waals surface area contributed by atoms with Crippen LogP contribution in [0.3, 0.4) is 0 Å². The van der Waals surface area contributed by atoms with Crippen LogP contribution < -0.4 is 0 Å². The van der Waals surface area contributed by atoms with E-state index in [1.807, 2.05) is 0 Å². The summed E-state index contributed by atoms with van der Waals surface area (Å²) in [5.41, 5.74) is 0. The Hall–Kier alpha value is -0.250. The third-order valence-electron chi connectivity index (χ3n) is 2.80. The summed E-state index contributed by atoms with van der Waals surface area (Å²) in [6, 6.07) is 0. The minimum atomic E-state index is -3.97. The summed E-state index contributed by atoms with van der Waals surface area (Å²) >= 11 is 0. The van der Waals surface area contributed by atoms with E-state index in [1.54, 1.807) is 0 Å². The standard InChI is InChI=1S/C9H17F3N/c1-13(6-2-3-7-13)8-4-5-9(10,11)12/h2-8H2,1H3/q+1. The second kappa shape index (κ2) is 3.86. The minimum absolute atomic E-state index is 0.278. The van der Waals surface area contributed by atoms with Crippen molar-refractivity contribution >= 4 is 0 Å². The first-order valence-electron chi connectivity index (χ1n) is 4.82. The second-order valence-electron chi connectivity index (χ2n) is 4.22. The summed E-state index contributed by atoms with van der Waals surface area (Å²) in [6.07, 6.45) is -1.98. The van der Waals surface area contributed by atoms with Crippen molar-refractivity contribution in [3.8, 4) is 0 Å². The number of likely N-dealkylation sites (tertiary alicyclic amines) is 1. The third-order valence-corrected chi connectivity index (χ3v) is 2.80. The van der Waals surface area contributed by atoms with Crippen LogP contribution in [0.4, 0.5) is 13.2 Å². The van der Waals surface area contributed by atoms with Crippen LogP contribution >= 0.6 is 0 Å². The van der Waals surface area contributed by atoms with E-state index in [-0.39, 0.29) is 6.42 Å². The van der Waals surface area contributed by atoms with Crippen LogP contribution in [0.25, 0.3) is 0 Å². The van der Waals surface area contributed by atoms with Gasteiger partial charge in [0.2, 0.25) is 0 Å². The van der Waals surface area contributed by atoms with Gasteiger partial charge in [0.05, 0.1) is 26.7 Å². The lowest BCUT2D eigenvalue weighted by molar-refractivity contribution is -0.898. The molecule has 1 fully saturated rings. The predicted molar refractivity (Wildman–Crippen MR) is 45.3 cm³/mol. The molecule has 1 aliphatic rings. The fourth-order valence-electron chi connectivity index (χ4n) is 1.98. The van der Waals surface area contributed by atoms with Gasteiger partial charge in [-0.05, 0) is 0 Å². The van der Waals surface area contributed by atoms with Gasteiger partial charge in [-0.2, -0.15) is 13.2 Å². The average Bonchev–Trinajstić information content (AvgIpc) is 2.33. The van der Waals surface area contributed by atoms with Crippen molar-refractivity contribution in [2.24, 2.45) is 0 Å². The largest absolute Gasteiger partial charge is 0.389 e. The molecule has 0 spiro atoms. The number of quaternary nitrogens is 1. The molecule has 1 rings (SSSR count). The Morgan fingerprint density at radius 1 is 1.15 bits per heavy atom. The average molecular weight is 196 g/mol. The Morgan fingerprint density at radius 3 is 2.15 bits per heavy atom. The summed E-state index contributed by atoms with van der Waals surface area (Å²) in [7, 11) is 2.06. The molecule has 13 heavy (non-hydrogen) atoms. The lowest BCUT2D eigenvalue weighted by Gasteiger charge is -2.29. The van der Waals surface area contributed by atoms with Crippen molar-refractivity contribution in [2.75, 3.05) is 26.7 Å². The van der Waals surface area contributed by atoms with Crippen molar-refractivity contribution in [3.05, 3.63) is 0 Å². The second-order valence-corrected chi connectivity index (χ2v) is 4.22. The number of alkyl halides is 3. The van der Waals surface area contributed by atoms with E-state index < -0.39 is 12.6 Å². The van der Waals surface area contributed by atoms with Crippen LogP contribution in [0.15, 0.2) is 0 Å². The maximum Gasteiger partial charge on any atom is 0.389 e. The molecular weight excluding hydrogens is 179 g/mol. The van der Waals surface area contributed by atoms with Crippen LogP contribution in [0.5, 0.6) is 0 Å². The molecule has 0 saturated carbocycles. The Bertz CT molecular complexity index is 159. The molecule has 0 N–H and O–H groups in total. The summed E-state index contributed by atoms with van der Waals surface area (Å²) in [5.74, 6) is 0. The molecule has 0 aromatic rings. The first-order chi connectivity index (χ1) is 5.91. The van der Waals surface area contributed by atoms with E-state index in [1.165, 1.54) is 12.8 Å².